The average Bonchev–Trinajstić information content (AvgIpc) is 3.49. The van der Waals surface area contributed by atoms with Crippen LogP contribution in [-0.2, 0) is 9.59 Å². The van der Waals surface area contributed by atoms with Gasteiger partial charge in [0.05, 0.1) is 24.5 Å². The number of aryl methyl sites for hydroxylation is 1. The highest BCUT2D eigenvalue weighted by Crippen LogP contribution is 2.40. The van der Waals surface area contributed by atoms with E-state index in [0.717, 1.165) is 29.9 Å². The van der Waals surface area contributed by atoms with E-state index in [-0.39, 0.29) is 24.9 Å². The predicted octanol–water partition coefficient (Wildman–Crippen LogP) is 2.96. The second-order valence-electron chi connectivity index (χ2n) is 7.91. The van der Waals surface area contributed by atoms with Gasteiger partial charge in [-0.05, 0) is 51.1 Å². The summed E-state index contributed by atoms with van der Waals surface area (Å²) in [5.74, 6) is 1.19. The van der Waals surface area contributed by atoms with E-state index in [0.29, 0.717) is 17.6 Å². The molecule has 1 saturated carbocycles. The van der Waals surface area contributed by atoms with Crippen LogP contribution in [0.4, 0.5) is 11.6 Å². The summed E-state index contributed by atoms with van der Waals surface area (Å²) in [6.45, 7) is 2.02. The Morgan fingerprint density at radius 2 is 1.74 bits per heavy atom. The van der Waals surface area contributed by atoms with Crippen LogP contribution in [-0.4, -0.2) is 51.6 Å². The molecule has 0 radical (unpaired) electrons. The maximum absolute atomic E-state index is 12.6. The Hall–Kier alpha value is -3.52. The number of anilines is 2. The van der Waals surface area contributed by atoms with Crippen LogP contribution < -0.4 is 10.6 Å². The molecule has 2 N–H and O–H groups in total. The monoisotopic (exact) mass is 418 g/mol. The molecule has 8 heteroatoms. The molecule has 2 heterocycles. The van der Waals surface area contributed by atoms with Crippen molar-refractivity contribution in [3.05, 3.63) is 66.0 Å². The van der Waals surface area contributed by atoms with Gasteiger partial charge in [-0.25, -0.2) is 9.67 Å². The molecular formula is C23H26N6O2. The standard InChI is InChI=1S/C23H26N6O2/c1-16-7-6-10-20(24-16)25-22(30)14-28(2)15-23(31)26-21-13-19(17-11-12-17)27-29(21)18-8-4-3-5-9-18/h3-10,13,17H,11-12,14-15H2,1-2H3,(H,26,31)(H,24,25,30). The Bertz CT molecular complexity index is 1070. The minimum Gasteiger partial charge on any atom is -0.310 e. The molecule has 2 amide bonds. The zero-order chi connectivity index (χ0) is 21.8. The first-order chi connectivity index (χ1) is 15.0. The quantitative estimate of drug-likeness (QED) is 0.587. The molecule has 1 aliphatic rings. The third-order valence-corrected chi connectivity index (χ3v) is 4.98. The van der Waals surface area contributed by atoms with E-state index in [9.17, 15) is 9.59 Å². The summed E-state index contributed by atoms with van der Waals surface area (Å²) < 4.78 is 1.77. The average molecular weight is 419 g/mol. The fraction of sp³-hybridized carbons (Fsp3) is 0.304. The summed E-state index contributed by atoms with van der Waals surface area (Å²) in [7, 11) is 1.73. The van der Waals surface area contributed by atoms with Crippen molar-refractivity contribution in [2.45, 2.75) is 25.7 Å². The Kier molecular flexibility index (Phi) is 6.08. The topological polar surface area (TPSA) is 92.2 Å². The molecule has 0 spiro atoms. The molecule has 3 aromatic rings. The number of para-hydroxylation sites is 1. The van der Waals surface area contributed by atoms with E-state index in [1.54, 1.807) is 22.7 Å². The van der Waals surface area contributed by atoms with Crippen LogP contribution in [0.15, 0.2) is 54.6 Å². The van der Waals surface area contributed by atoms with Gasteiger partial charge in [0.2, 0.25) is 11.8 Å². The van der Waals surface area contributed by atoms with Gasteiger partial charge >= 0.3 is 0 Å². The number of rotatable bonds is 8. The van der Waals surface area contributed by atoms with Gasteiger partial charge in [-0.1, -0.05) is 24.3 Å². The molecule has 31 heavy (non-hydrogen) atoms. The van der Waals surface area contributed by atoms with Crippen molar-refractivity contribution in [2.24, 2.45) is 0 Å². The summed E-state index contributed by atoms with van der Waals surface area (Å²) in [5, 5.41) is 10.4. The number of hydrogen-bond acceptors (Lipinski definition) is 5. The first-order valence-corrected chi connectivity index (χ1v) is 10.4. The Morgan fingerprint density at radius 1 is 1.03 bits per heavy atom. The highest BCUT2D eigenvalue weighted by molar-refractivity contribution is 5.94. The largest absolute Gasteiger partial charge is 0.310 e. The highest BCUT2D eigenvalue weighted by Gasteiger charge is 2.28. The number of carbonyl (C=O) groups excluding carboxylic acids is 2. The summed E-state index contributed by atoms with van der Waals surface area (Å²) in [5.41, 5.74) is 2.71. The zero-order valence-corrected chi connectivity index (χ0v) is 17.7. The normalized spacial score (nSPS) is 13.3. The van der Waals surface area contributed by atoms with Gasteiger partial charge in [0.1, 0.15) is 11.6 Å². The highest BCUT2D eigenvalue weighted by atomic mass is 16.2. The summed E-state index contributed by atoms with van der Waals surface area (Å²) >= 11 is 0. The van der Waals surface area contributed by atoms with Crippen molar-refractivity contribution < 1.29 is 9.59 Å². The maximum Gasteiger partial charge on any atom is 0.239 e. The number of nitrogens with zero attached hydrogens (tertiary/aromatic N) is 4. The van der Waals surface area contributed by atoms with Gasteiger partial charge in [0, 0.05) is 17.7 Å². The number of nitrogens with one attached hydrogen (secondary N) is 2. The van der Waals surface area contributed by atoms with Crippen LogP contribution in [0.2, 0.25) is 0 Å². The molecule has 1 fully saturated rings. The number of benzene rings is 1. The van der Waals surface area contributed by atoms with Crippen molar-refractivity contribution in [2.75, 3.05) is 30.8 Å². The summed E-state index contributed by atoms with van der Waals surface area (Å²) in [6, 6.07) is 17.1. The molecule has 160 valence electrons. The maximum atomic E-state index is 12.6. The zero-order valence-electron chi connectivity index (χ0n) is 17.7. The van der Waals surface area contributed by atoms with Crippen molar-refractivity contribution in [1.82, 2.24) is 19.7 Å². The van der Waals surface area contributed by atoms with Crippen LogP contribution in [0.5, 0.6) is 0 Å². The fourth-order valence-corrected chi connectivity index (χ4v) is 3.36. The molecule has 4 rings (SSSR count). The van der Waals surface area contributed by atoms with E-state index in [2.05, 4.69) is 15.6 Å². The Labute approximate surface area is 181 Å². The molecule has 0 aliphatic heterocycles. The molecule has 1 aliphatic carbocycles. The van der Waals surface area contributed by atoms with Crippen LogP contribution in [0.1, 0.15) is 30.1 Å². The van der Waals surface area contributed by atoms with E-state index in [1.807, 2.05) is 55.5 Å². The minimum absolute atomic E-state index is 0.0768. The number of aromatic nitrogens is 3. The SMILES string of the molecule is Cc1cccc(NC(=O)CN(C)CC(=O)Nc2cc(C3CC3)nn2-c2ccccc2)n1. The first kappa shape index (κ1) is 20.7. The molecule has 0 atom stereocenters. The van der Waals surface area contributed by atoms with Gasteiger partial charge in [-0.3, -0.25) is 14.5 Å². The van der Waals surface area contributed by atoms with E-state index >= 15 is 0 Å². The second-order valence-corrected chi connectivity index (χ2v) is 7.91. The van der Waals surface area contributed by atoms with Gasteiger partial charge in [0.15, 0.2) is 0 Å². The third-order valence-electron chi connectivity index (χ3n) is 4.98. The van der Waals surface area contributed by atoms with Crippen molar-refractivity contribution in [3.63, 3.8) is 0 Å². The summed E-state index contributed by atoms with van der Waals surface area (Å²) in [4.78, 5) is 30.8. The van der Waals surface area contributed by atoms with Crippen LogP contribution in [0.3, 0.4) is 0 Å². The second kappa shape index (κ2) is 9.09. The number of likely N-dealkylation sites (N-methyl/N-ethyl adjacent to an activating group) is 1. The van der Waals surface area contributed by atoms with E-state index < -0.39 is 0 Å². The van der Waals surface area contributed by atoms with Crippen LogP contribution in [0.25, 0.3) is 5.69 Å². The van der Waals surface area contributed by atoms with E-state index in [1.165, 1.54) is 0 Å². The molecule has 0 unspecified atom stereocenters. The lowest BCUT2D eigenvalue weighted by Gasteiger charge is -2.16. The molecular weight excluding hydrogens is 392 g/mol. The van der Waals surface area contributed by atoms with Gasteiger partial charge < -0.3 is 10.6 Å². The van der Waals surface area contributed by atoms with Gasteiger partial charge in [-0.15, -0.1) is 0 Å². The van der Waals surface area contributed by atoms with Crippen molar-refractivity contribution >= 4 is 23.5 Å². The lowest BCUT2D eigenvalue weighted by atomic mass is 10.3. The smallest absolute Gasteiger partial charge is 0.239 e. The van der Waals surface area contributed by atoms with Crippen molar-refractivity contribution in [1.29, 1.82) is 0 Å². The van der Waals surface area contributed by atoms with Gasteiger partial charge in [0.25, 0.3) is 0 Å². The molecule has 8 nitrogen and oxygen atoms in total. The van der Waals surface area contributed by atoms with Crippen LogP contribution >= 0.6 is 0 Å². The molecule has 0 saturated heterocycles. The molecule has 1 aromatic carbocycles. The van der Waals surface area contributed by atoms with Gasteiger partial charge in [-0.2, -0.15) is 5.10 Å². The third kappa shape index (κ3) is 5.55. The minimum atomic E-state index is -0.223. The Morgan fingerprint density at radius 3 is 2.42 bits per heavy atom. The Balaban J connectivity index is 1.36. The number of pyridine rings is 1. The predicted molar refractivity (Wildman–Crippen MR) is 119 cm³/mol. The first-order valence-electron chi connectivity index (χ1n) is 10.4. The fourth-order valence-electron chi connectivity index (χ4n) is 3.36. The van der Waals surface area contributed by atoms with Crippen molar-refractivity contribution in [3.8, 4) is 5.69 Å². The molecule has 2 aromatic heterocycles. The summed E-state index contributed by atoms with van der Waals surface area (Å²) in [6.07, 6.45) is 2.26. The lowest BCUT2D eigenvalue weighted by molar-refractivity contribution is -0.119. The number of amides is 2. The number of hydrogen-bond donors (Lipinski definition) is 2. The number of carbonyl (C=O) groups is 2. The lowest BCUT2D eigenvalue weighted by Crippen LogP contribution is -2.36. The van der Waals surface area contributed by atoms with Crippen LogP contribution in [0, 0.1) is 6.92 Å². The molecule has 0 bridgehead atoms. The van der Waals surface area contributed by atoms with E-state index in [4.69, 9.17) is 5.10 Å².